The third-order valence-electron chi connectivity index (χ3n) is 8.42. The summed E-state index contributed by atoms with van der Waals surface area (Å²) < 4.78 is 26.7. The van der Waals surface area contributed by atoms with Crippen LogP contribution in [0.1, 0.15) is 52.0 Å². The van der Waals surface area contributed by atoms with Crippen molar-refractivity contribution in [3.63, 3.8) is 0 Å². The fourth-order valence-electron chi connectivity index (χ4n) is 5.84. The molecule has 0 spiro atoms. The number of nitrogens with two attached hydrogens (primary N) is 2. The SMILES string of the molecule is C#CCCC(C)=O.C#CCCC1(C)OC2[C@@H](CO)O[C@@H](n3cnc4c(N)ncnc43)[C@H]2O1.Nc1ncnc2c1ncn2[C@@H]1O[C@H](CO)C(O)[C@@H]1O. The molecule has 8 N–H and O–H groups in total. The molecule has 19 heteroatoms. The summed E-state index contributed by atoms with van der Waals surface area (Å²) in [5.74, 6) is 4.83. The number of anilines is 2. The predicted molar refractivity (Wildman–Crippen MR) is 178 cm³/mol. The summed E-state index contributed by atoms with van der Waals surface area (Å²) in [6.07, 6.45) is 12.1. The van der Waals surface area contributed by atoms with Crippen LogP contribution in [0.15, 0.2) is 25.3 Å². The Morgan fingerprint density at radius 1 is 0.824 bits per heavy atom. The quantitative estimate of drug-likeness (QED) is 0.122. The van der Waals surface area contributed by atoms with Crippen molar-refractivity contribution >= 4 is 39.7 Å². The van der Waals surface area contributed by atoms with Crippen molar-refractivity contribution in [1.82, 2.24) is 39.0 Å². The molecule has 3 aliphatic heterocycles. The van der Waals surface area contributed by atoms with Crippen molar-refractivity contribution in [2.24, 2.45) is 0 Å². The van der Waals surface area contributed by atoms with E-state index in [2.05, 4.69) is 41.7 Å². The Kier molecular flexibility index (Phi) is 11.8. The van der Waals surface area contributed by atoms with E-state index < -0.39 is 61.5 Å². The molecule has 0 aromatic carbocycles. The zero-order valence-electron chi connectivity index (χ0n) is 27.9. The number of hydrogen-bond donors (Lipinski definition) is 6. The molecule has 0 bridgehead atoms. The molecule has 0 saturated carbocycles. The summed E-state index contributed by atoms with van der Waals surface area (Å²) in [6.45, 7) is 2.81. The van der Waals surface area contributed by atoms with Gasteiger partial charge in [0, 0.05) is 25.7 Å². The van der Waals surface area contributed by atoms with E-state index in [9.17, 15) is 20.1 Å². The number of rotatable bonds is 8. The van der Waals surface area contributed by atoms with E-state index in [1.54, 1.807) is 10.9 Å². The number of terminal acetylenes is 2. The molecule has 51 heavy (non-hydrogen) atoms. The first kappa shape index (κ1) is 37.4. The number of hydrogen-bond acceptors (Lipinski definition) is 17. The van der Waals surface area contributed by atoms with Gasteiger partial charge in [0.15, 0.2) is 41.2 Å². The number of Topliss-reactive ketones (excluding diaryl/α,β-unsaturated/α-hetero) is 1. The number of aliphatic hydroxyl groups excluding tert-OH is 4. The third kappa shape index (κ3) is 7.76. The minimum atomic E-state index is -1.19. The number of carbonyl (C=O) groups is 1. The highest BCUT2D eigenvalue weighted by Crippen LogP contribution is 2.45. The van der Waals surface area contributed by atoms with Crippen LogP contribution >= 0.6 is 0 Å². The van der Waals surface area contributed by atoms with Crippen molar-refractivity contribution in [1.29, 1.82) is 0 Å². The summed E-state index contributed by atoms with van der Waals surface area (Å²) in [5.41, 5.74) is 13.3. The molecule has 3 aliphatic rings. The lowest BCUT2D eigenvalue weighted by Crippen LogP contribution is -2.33. The molecule has 3 saturated heterocycles. The van der Waals surface area contributed by atoms with E-state index in [0.29, 0.717) is 53.8 Å². The van der Waals surface area contributed by atoms with Crippen LogP contribution in [0.3, 0.4) is 0 Å². The minimum Gasteiger partial charge on any atom is -0.394 e. The molecular weight excluding hydrogens is 668 g/mol. The van der Waals surface area contributed by atoms with E-state index in [0.717, 1.165) is 0 Å². The monoisotopic (exact) mass is 708 g/mol. The van der Waals surface area contributed by atoms with Gasteiger partial charge in [-0.1, -0.05) is 0 Å². The van der Waals surface area contributed by atoms with Gasteiger partial charge in [-0.25, -0.2) is 29.9 Å². The lowest BCUT2D eigenvalue weighted by molar-refractivity contribution is -0.212. The zero-order chi connectivity index (χ0) is 36.9. The molecule has 0 aliphatic carbocycles. The van der Waals surface area contributed by atoms with Gasteiger partial charge in [0.25, 0.3) is 0 Å². The van der Waals surface area contributed by atoms with Crippen LogP contribution in [0.5, 0.6) is 0 Å². The number of ether oxygens (including phenoxy) is 4. The number of nitrogens with zero attached hydrogens (tertiary/aromatic N) is 8. The van der Waals surface area contributed by atoms with Crippen LogP contribution in [0, 0.1) is 24.7 Å². The minimum absolute atomic E-state index is 0.165. The summed E-state index contributed by atoms with van der Waals surface area (Å²) in [6, 6.07) is 0. The van der Waals surface area contributed by atoms with Crippen LogP contribution in [-0.2, 0) is 23.7 Å². The van der Waals surface area contributed by atoms with Gasteiger partial charge >= 0.3 is 0 Å². The second kappa shape index (κ2) is 16.0. The predicted octanol–water partition coefficient (Wildman–Crippen LogP) is -0.779. The molecule has 7 heterocycles. The summed E-state index contributed by atoms with van der Waals surface area (Å²) in [4.78, 5) is 34.4. The number of aliphatic hydroxyl groups is 4. The molecule has 7 rings (SSSR count). The van der Waals surface area contributed by atoms with E-state index in [4.69, 9.17) is 48.4 Å². The first-order valence-electron chi connectivity index (χ1n) is 15.9. The van der Waals surface area contributed by atoms with Crippen molar-refractivity contribution in [2.45, 2.75) is 94.4 Å². The van der Waals surface area contributed by atoms with E-state index >= 15 is 0 Å². The highest BCUT2D eigenvalue weighted by atomic mass is 16.8. The Bertz CT molecular complexity index is 1910. The van der Waals surface area contributed by atoms with Crippen LogP contribution < -0.4 is 11.5 Å². The molecule has 4 aromatic heterocycles. The van der Waals surface area contributed by atoms with Crippen LogP contribution in [0.4, 0.5) is 11.6 Å². The van der Waals surface area contributed by atoms with Gasteiger partial charge in [-0.3, -0.25) is 13.9 Å². The summed E-state index contributed by atoms with van der Waals surface area (Å²) in [5, 5.41) is 38.4. The fraction of sp³-hybridized carbons (Fsp3) is 0.531. The van der Waals surface area contributed by atoms with Crippen LogP contribution in [0.2, 0.25) is 0 Å². The number of aromatic nitrogens is 8. The molecule has 272 valence electrons. The molecule has 3 fully saturated rings. The summed E-state index contributed by atoms with van der Waals surface area (Å²) >= 11 is 0. The van der Waals surface area contributed by atoms with Crippen molar-refractivity contribution in [3.05, 3.63) is 25.3 Å². The zero-order valence-corrected chi connectivity index (χ0v) is 27.9. The molecule has 0 amide bonds. The Morgan fingerprint density at radius 2 is 1.35 bits per heavy atom. The van der Waals surface area contributed by atoms with Crippen molar-refractivity contribution in [3.8, 4) is 24.7 Å². The summed E-state index contributed by atoms with van der Waals surface area (Å²) in [7, 11) is 0. The fourth-order valence-corrected chi connectivity index (χ4v) is 5.84. The van der Waals surface area contributed by atoms with Crippen LogP contribution in [0.25, 0.3) is 22.3 Å². The maximum absolute atomic E-state index is 10.1. The maximum Gasteiger partial charge on any atom is 0.167 e. The topological polar surface area (TPSA) is 274 Å². The van der Waals surface area contributed by atoms with Gasteiger partial charge < -0.3 is 50.8 Å². The van der Waals surface area contributed by atoms with E-state index in [-0.39, 0.29) is 18.2 Å². The first-order valence-corrected chi connectivity index (χ1v) is 15.9. The average molecular weight is 709 g/mol. The third-order valence-corrected chi connectivity index (χ3v) is 8.42. The Morgan fingerprint density at radius 3 is 1.84 bits per heavy atom. The van der Waals surface area contributed by atoms with Gasteiger partial charge in [-0.05, 0) is 13.8 Å². The van der Waals surface area contributed by atoms with Crippen molar-refractivity contribution in [2.75, 3.05) is 24.7 Å². The Balaban J connectivity index is 0.000000171. The second-order valence-electron chi connectivity index (χ2n) is 12.1. The molecular formula is C32H40N10O9. The lowest BCUT2D eigenvalue weighted by atomic mass is 10.1. The van der Waals surface area contributed by atoms with Crippen molar-refractivity contribution < 1.29 is 44.2 Å². The maximum atomic E-state index is 10.1. The Labute approximate surface area is 292 Å². The van der Waals surface area contributed by atoms with Gasteiger partial charge in [0.05, 0.1) is 25.9 Å². The Hall–Kier alpha value is -4.83. The first-order chi connectivity index (χ1) is 24.5. The van der Waals surface area contributed by atoms with Gasteiger partial charge in [0.2, 0.25) is 0 Å². The standard InChI is InChI=1S/C16H19N5O4.C10H13N5O4.C6H8O/c1-3-4-5-16(2)24-11-9(6-22)23-15(12(11)25-16)21-8-20-10-13(17)18-7-19-14(10)21;11-8-5-9(13-2-12-8)15(3-14-5)10-7(18)6(17)4(1-16)19-10;1-3-4-5-6(2)7/h1,7-9,11-12,15,22H,4-6H2,2H3,(H2,17,18,19);2-4,6-7,10,16-18H,1H2,(H2,11,12,13);1H,4-5H2,2H3/t9-,11?,12+,15-,16?;4-,6?,7+,10-;/m11./s1. The molecule has 0 radical (unpaired) electrons. The largest absolute Gasteiger partial charge is 0.394 e. The van der Waals surface area contributed by atoms with Gasteiger partial charge in [-0.15, -0.1) is 24.7 Å². The van der Waals surface area contributed by atoms with Gasteiger partial charge in [-0.2, -0.15) is 0 Å². The number of ketones is 1. The second-order valence-corrected chi connectivity index (χ2v) is 12.1. The molecule has 4 aromatic rings. The number of nitrogen functional groups attached to an aromatic ring is 2. The highest BCUT2D eigenvalue weighted by molar-refractivity contribution is 5.81. The lowest BCUT2D eigenvalue weighted by Gasteiger charge is -2.27. The van der Waals surface area contributed by atoms with E-state index in [1.807, 2.05) is 6.92 Å². The number of fused-ring (bicyclic) bond motifs is 3. The number of imidazole rings is 2. The molecule has 3 unspecified atom stereocenters. The molecule has 9 atom stereocenters. The average Bonchev–Trinajstić information content (AvgIpc) is 3.93. The smallest absolute Gasteiger partial charge is 0.167 e. The molecule has 19 nitrogen and oxygen atoms in total. The highest BCUT2D eigenvalue weighted by Gasteiger charge is 2.57. The normalized spacial score (nSPS) is 29.4. The number of carbonyl (C=O) groups excluding carboxylic acids is 1. The van der Waals surface area contributed by atoms with E-state index in [1.165, 1.54) is 30.5 Å². The van der Waals surface area contributed by atoms with Gasteiger partial charge in [0.1, 0.15) is 66.1 Å². The van der Waals surface area contributed by atoms with Crippen LogP contribution in [-0.4, -0.2) is 121 Å².